The van der Waals surface area contributed by atoms with E-state index in [0.29, 0.717) is 30.0 Å². The lowest BCUT2D eigenvalue weighted by atomic mass is 9.97. The first-order valence-electron chi connectivity index (χ1n) is 7.34. The van der Waals surface area contributed by atoms with Gasteiger partial charge in [0.2, 0.25) is 5.91 Å². The summed E-state index contributed by atoms with van der Waals surface area (Å²) in [7, 11) is 0. The summed E-state index contributed by atoms with van der Waals surface area (Å²) in [6.07, 6.45) is 10.2. The first-order valence-corrected chi connectivity index (χ1v) is 7.34. The van der Waals surface area contributed by atoms with E-state index >= 15 is 0 Å². The minimum absolute atomic E-state index is 0.347. The molecule has 4 rings (SSSR count). The lowest BCUT2D eigenvalue weighted by molar-refractivity contribution is -0.137. The molecule has 0 radical (unpaired) electrons. The van der Waals surface area contributed by atoms with E-state index in [-0.39, 0.29) is 0 Å². The molecule has 2 saturated heterocycles. The number of amides is 1. The molecule has 0 spiro atoms. The van der Waals surface area contributed by atoms with E-state index in [4.69, 9.17) is 5.73 Å². The van der Waals surface area contributed by atoms with Crippen molar-refractivity contribution in [2.45, 2.75) is 56.7 Å². The van der Waals surface area contributed by atoms with Crippen molar-refractivity contribution in [1.82, 2.24) is 14.7 Å². The van der Waals surface area contributed by atoms with E-state index < -0.39 is 0 Å². The Morgan fingerprint density at radius 2 is 1.84 bits per heavy atom. The van der Waals surface area contributed by atoms with Crippen LogP contribution in [0.4, 0.5) is 5.69 Å². The summed E-state index contributed by atoms with van der Waals surface area (Å²) in [5.74, 6) is 0.769. The highest BCUT2D eigenvalue weighted by Crippen LogP contribution is 2.44. The third-order valence-corrected chi connectivity index (χ3v) is 4.88. The van der Waals surface area contributed by atoms with Gasteiger partial charge in [-0.25, -0.2) is 0 Å². The lowest BCUT2D eigenvalue weighted by Gasteiger charge is -2.39. The second-order valence-corrected chi connectivity index (χ2v) is 6.28. The van der Waals surface area contributed by atoms with Crippen molar-refractivity contribution in [1.29, 1.82) is 0 Å². The molecule has 2 atom stereocenters. The first kappa shape index (κ1) is 11.3. The van der Waals surface area contributed by atoms with Crippen LogP contribution in [0.5, 0.6) is 0 Å². The monoisotopic (exact) mass is 260 g/mol. The molecule has 2 bridgehead atoms. The van der Waals surface area contributed by atoms with Crippen LogP contribution in [0.3, 0.4) is 0 Å². The molecule has 2 N–H and O–H groups in total. The molecule has 1 aliphatic carbocycles. The number of nitrogens with two attached hydrogens (primary N) is 1. The number of fused-ring (bicyclic) bond motifs is 2. The highest BCUT2D eigenvalue weighted by atomic mass is 16.2. The highest BCUT2D eigenvalue weighted by molar-refractivity contribution is 5.82. The highest BCUT2D eigenvalue weighted by Gasteiger charge is 2.47. The maximum atomic E-state index is 12.4. The van der Waals surface area contributed by atoms with E-state index in [2.05, 4.69) is 10.00 Å². The molecular formula is C14H20N4O. The fraction of sp³-hybridized carbons (Fsp3) is 0.714. The number of aromatic nitrogens is 2. The summed E-state index contributed by atoms with van der Waals surface area (Å²) < 4.78 is 2.00. The Kier molecular flexibility index (Phi) is 2.37. The molecule has 2 aliphatic heterocycles. The number of carbonyl (C=O) groups is 1. The normalized spacial score (nSPS) is 33.7. The zero-order chi connectivity index (χ0) is 13.0. The van der Waals surface area contributed by atoms with Crippen molar-refractivity contribution < 1.29 is 4.79 Å². The SMILES string of the molecule is Nc1cnn(C2CC3CCC(C2)N3C(=O)C2CC2)c1. The molecule has 0 aromatic carbocycles. The maximum absolute atomic E-state index is 12.4. The molecule has 19 heavy (non-hydrogen) atoms. The molecule has 3 heterocycles. The largest absolute Gasteiger partial charge is 0.396 e. The third-order valence-electron chi connectivity index (χ3n) is 4.88. The predicted octanol–water partition coefficient (Wildman–Crippen LogP) is 1.57. The Balaban J connectivity index is 1.53. The second-order valence-electron chi connectivity index (χ2n) is 6.28. The number of nitrogens with zero attached hydrogens (tertiary/aromatic N) is 3. The van der Waals surface area contributed by atoms with Gasteiger partial charge in [-0.1, -0.05) is 0 Å². The Morgan fingerprint density at radius 3 is 2.37 bits per heavy atom. The maximum Gasteiger partial charge on any atom is 0.226 e. The van der Waals surface area contributed by atoms with Crippen molar-refractivity contribution in [2.24, 2.45) is 5.92 Å². The number of anilines is 1. The molecule has 1 saturated carbocycles. The van der Waals surface area contributed by atoms with Gasteiger partial charge in [-0.05, 0) is 38.5 Å². The Hall–Kier alpha value is -1.52. The van der Waals surface area contributed by atoms with Crippen LogP contribution in [0.25, 0.3) is 0 Å². The quantitative estimate of drug-likeness (QED) is 0.878. The van der Waals surface area contributed by atoms with Crippen LogP contribution < -0.4 is 5.73 Å². The molecule has 5 nitrogen and oxygen atoms in total. The van der Waals surface area contributed by atoms with Gasteiger partial charge in [0.05, 0.1) is 17.9 Å². The number of carbonyl (C=O) groups excluding carboxylic acids is 1. The third kappa shape index (κ3) is 1.83. The van der Waals surface area contributed by atoms with Gasteiger partial charge in [0.25, 0.3) is 0 Å². The van der Waals surface area contributed by atoms with Crippen LogP contribution in [-0.2, 0) is 4.79 Å². The van der Waals surface area contributed by atoms with Crippen LogP contribution in [0.1, 0.15) is 44.6 Å². The number of rotatable bonds is 2. The molecule has 1 amide bonds. The van der Waals surface area contributed by atoms with Crippen LogP contribution in [0.2, 0.25) is 0 Å². The zero-order valence-electron chi connectivity index (χ0n) is 11.0. The number of hydrogen-bond acceptors (Lipinski definition) is 3. The minimum atomic E-state index is 0.347. The first-order chi connectivity index (χ1) is 9.22. The van der Waals surface area contributed by atoms with E-state index in [1.54, 1.807) is 6.20 Å². The standard InChI is InChI=1S/C14H20N4O/c15-10-7-16-17(8-10)13-5-11-3-4-12(6-13)18(11)14(19)9-1-2-9/h7-9,11-13H,1-6,15H2. The summed E-state index contributed by atoms with van der Waals surface area (Å²) in [5.41, 5.74) is 6.47. The molecule has 2 unspecified atom stereocenters. The Morgan fingerprint density at radius 1 is 1.16 bits per heavy atom. The van der Waals surface area contributed by atoms with E-state index in [1.807, 2.05) is 10.9 Å². The fourth-order valence-electron chi connectivity index (χ4n) is 3.82. The van der Waals surface area contributed by atoms with Gasteiger partial charge in [0.15, 0.2) is 0 Å². The number of hydrogen-bond donors (Lipinski definition) is 1. The van der Waals surface area contributed by atoms with Crippen LogP contribution in [-0.4, -0.2) is 32.7 Å². The summed E-state index contributed by atoms with van der Waals surface area (Å²) in [4.78, 5) is 14.6. The fourth-order valence-corrected chi connectivity index (χ4v) is 3.82. The lowest BCUT2D eigenvalue weighted by Crippen LogP contribution is -2.47. The van der Waals surface area contributed by atoms with Crippen molar-refractivity contribution in [3.8, 4) is 0 Å². The Bertz CT molecular complexity index is 493. The van der Waals surface area contributed by atoms with Gasteiger partial charge in [0.1, 0.15) is 0 Å². The van der Waals surface area contributed by atoms with E-state index in [9.17, 15) is 4.79 Å². The molecule has 1 aromatic rings. The molecule has 1 aromatic heterocycles. The molecule has 3 aliphatic rings. The predicted molar refractivity (Wildman–Crippen MR) is 71.3 cm³/mol. The average Bonchev–Trinajstić information content (AvgIpc) is 3.11. The van der Waals surface area contributed by atoms with Crippen LogP contribution in [0.15, 0.2) is 12.4 Å². The Labute approximate surface area is 112 Å². The van der Waals surface area contributed by atoms with Gasteiger partial charge in [-0.2, -0.15) is 5.10 Å². The van der Waals surface area contributed by atoms with E-state index in [0.717, 1.165) is 44.2 Å². The zero-order valence-corrected chi connectivity index (χ0v) is 11.0. The average molecular weight is 260 g/mol. The number of nitrogen functional groups attached to an aromatic ring is 1. The molecule has 3 fully saturated rings. The van der Waals surface area contributed by atoms with Crippen molar-refractivity contribution in [2.75, 3.05) is 5.73 Å². The second kappa shape index (κ2) is 3.99. The van der Waals surface area contributed by atoms with Gasteiger partial charge in [-0.15, -0.1) is 0 Å². The topological polar surface area (TPSA) is 64.2 Å². The summed E-state index contributed by atoms with van der Waals surface area (Å²) in [5, 5.41) is 4.34. The van der Waals surface area contributed by atoms with Crippen LogP contribution >= 0.6 is 0 Å². The minimum Gasteiger partial charge on any atom is -0.396 e. The summed E-state index contributed by atoms with van der Waals surface area (Å²) in [6, 6.07) is 1.28. The molecular weight excluding hydrogens is 240 g/mol. The summed E-state index contributed by atoms with van der Waals surface area (Å²) in [6.45, 7) is 0. The van der Waals surface area contributed by atoms with Gasteiger partial charge in [0, 0.05) is 24.2 Å². The van der Waals surface area contributed by atoms with Crippen molar-refractivity contribution in [3.05, 3.63) is 12.4 Å². The molecule has 5 heteroatoms. The molecule has 102 valence electrons. The van der Waals surface area contributed by atoms with E-state index in [1.165, 1.54) is 0 Å². The van der Waals surface area contributed by atoms with Gasteiger partial charge in [-0.3, -0.25) is 9.48 Å². The number of piperidine rings is 1. The van der Waals surface area contributed by atoms with Crippen molar-refractivity contribution in [3.63, 3.8) is 0 Å². The van der Waals surface area contributed by atoms with Gasteiger partial charge < -0.3 is 10.6 Å². The smallest absolute Gasteiger partial charge is 0.226 e. The summed E-state index contributed by atoms with van der Waals surface area (Å²) >= 11 is 0. The van der Waals surface area contributed by atoms with Gasteiger partial charge >= 0.3 is 0 Å². The van der Waals surface area contributed by atoms with Crippen molar-refractivity contribution >= 4 is 11.6 Å². The van der Waals surface area contributed by atoms with Crippen LogP contribution in [0, 0.1) is 5.92 Å².